The van der Waals surface area contributed by atoms with E-state index in [2.05, 4.69) is 5.32 Å². The lowest BCUT2D eigenvalue weighted by Crippen LogP contribution is -2.24. The summed E-state index contributed by atoms with van der Waals surface area (Å²) in [5.41, 5.74) is 1.35. The molecule has 0 saturated carbocycles. The lowest BCUT2D eigenvalue weighted by atomic mass is 10.1. The van der Waals surface area contributed by atoms with Crippen LogP contribution in [0.25, 0.3) is 10.9 Å². The van der Waals surface area contributed by atoms with E-state index in [-0.39, 0.29) is 16.8 Å². The highest BCUT2D eigenvalue weighted by atomic mass is 16.5. The molecule has 0 radical (unpaired) electrons. The van der Waals surface area contributed by atoms with Gasteiger partial charge in [0.25, 0.3) is 5.91 Å². The summed E-state index contributed by atoms with van der Waals surface area (Å²) in [5.74, 6) is -0.0705. The van der Waals surface area contributed by atoms with E-state index in [0.29, 0.717) is 28.9 Å². The second-order valence-corrected chi connectivity index (χ2v) is 6.13. The Labute approximate surface area is 156 Å². The topological polar surface area (TPSA) is 77.4 Å². The van der Waals surface area contributed by atoms with Gasteiger partial charge < -0.3 is 14.6 Å². The molecule has 0 bridgehead atoms. The molecular weight excluding hydrogens is 344 g/mol. The highest BCUT2D eigenvalue weighted by Crippen LogP contribution is 2.20. The van der Waals surface area contributed by atoms with Gasteiger partial charge in [0.05, 0.1) is 18.0 Å². The molecule has 0 saturated heterocycles. The van der Waals surface area contributed by atoms with Gasteiger partial charge in [-0.1, -0.05) is 12.1 Å². The molecule has 3 aromatic rings. The van der Waals surface area contributed by atoms with Crippen LogP contribution in [0.2, 0.25) is 0 Å². The maximum absolute atomic E-state index is 12.9. The molecule has 0 aliphatic heterocycles. The van der Waals surface area contributed by atoms with Crippen molar-refractivity contribution in [2.75, 3.05) is 12.4 Å². The first kappa shape index (κ1) is 18.4. The molecule has 1 aromatic heterocycles. The number of rotatable bonds is 5. The average molecular weight is 364 g/mol. The van der Waals surface area contributed by atoms with Gasteiger partial charge >= 0.3 is 0 Å². The van der Waals surface area contributed by atoms with Crippen LogP contribution < -0.4 is 15.5 Å². The number of carbonyl (C=O) groups excluding carboxylic acids is 2. The number of nitrogens with one attached hydrogen (secondary N) is 1. The van der Waals surface area contributed by atoms with Gasteiger partial charge in [-0.3, -0.25) is 14.4 Å². The number of aromatic nitrogens is 1. The molecular formula is C21H20N2O4. The Morgan fingerprint density at radius 3 is 2.59 bits per heavy atom. The SMILES string of the molecule is CCn1cc(C(=O)Nc2cccc(C(C)=O)c2)c(=O)c2cc(OC)ccc21. The highest BCUT2D eigenvalue weighted by molar-refractivity contribution is 6.06. The third kappa shape index (κ3) is 3.60. The fourth-order valence-electron chi connectivity index (χ4n) is 2.94. The smallest absolute Gasteiger partial charge is 0.261 e. The molecule has 3 rings (SSSR count). The number of hydrogen-bond donors (Lipinski definition) is 1. The minimum absolute atomic E-state index is 0.0332. The van der Waals surface area contributed by atoms with Gasteiger partial charge in [-0.15, -0.1) is 0 Å². The number of Topliss-reactive ketones (excluding diaryl/α,β-unsaturated/α-hetero) is 1. The van der Waals surface area contributed by atoms with Crippen molar-refractivity contribution in [1.29, 1.82) is 0 Å². The first-order valence-electron chi connectivity index (χ1n) is 8.58. The van der Waals surface area contributed by atoms with E-state index in [0.717, 1.165) is 5.52 Å². The number of ketones is 1. The number of pyridine rings is 1. The molecule has 1 N–H and O–H groups in total. The van der Waals surface area contributed by atoms with E-state index in [1.807, 2.05) is 11.5 Å². The van der Waals surface area contributed by atoms with Crippen LogP contribution in [0.4, 0.5) is 5.69 Å². The summed E-state index contributed by atoms with van der Waals surface area (Å²) in [4.78, 5) is 37.1. The summed E-state index contributed by atoms with van der Waals surface area (Å²) < 4.78 is 7.05. The van der Waals surface area contributed by atoms with Crippen molar-refractivity contribution in [3.8, 4) is 5.75 Å². The molecule has 0 aliphatic rings. The minimum Gasteiger partial charge on any atom is -0.497 e. The molecule has 1 amide bonds. The number of nitrogens with zero attached hydrogens (tertiary/aromatic N) is 1. The zero-order chi connectivity index (χ0) is 19.6. The Morgan fingerprint density at radius 2 is 1.93 bits per heavy atom. The number of fused-ring (bicyclic) bond motifs is 1. The van der Waals surface area contributed by atoms with Crippen LogP contribution in [-0.2, 0) is 6.54 Å². The molecule has 6 heteroatoms. The molecule has 2 aromatic carbocycles. The van der Waals surface area contributed by atoms with Crippen molar-refractivity contribution in [3.05, 3.63) is 70.0 Å². The zero-order valence-electron chi connectivity index (χ0n) is 15.4. The van der Waals surface area contributed by atoms with Gasteiger partial charge in [0.15, 0.2) is 5.78 Å². The van der Waals surface area contributed by atoms with Crippen molar-refractivity contribution in [2.45, 2.75) is 20.4 Å². The van der Waals surface area contributed by atoms with E-state index in [1.54, 1.807) is 48.7 Å². The Bertz CT molecular complexity index is 1100. The van der Waals surface area contributed by atoms with Crippen molar-refractivity contribution in [1.82, 2.24) is 4.57 Å². The van der Waals surface area contributed by atoms with Crippen LogP contribution in [0.15, 0.2) is 53.5 Å². The average Bonchev–Trinajstić information content (AvgIpc) is 2.68. The predicted octanol–water partition coefficient (Wildman–Crippen LogP) is 3.48. The largest absolute Gasteiger partial charge is 0.497 e. The number of ether oxygens (including phenoxy) is 1. The molecule has 138 valence electrons. The first-order valence-corrected chi connectivity index (χ1v) is 8.58. The number of hydrogen-bond acceptors (Lipinski definition) is 4. The van der Waals surface area contributed by atoms with Crippen LogP contribution in [0.3, 0.4) is 0 Å². The van der Waals surface area contributed by atoms with Gasteiger partial charge in [0.1, 0.15) is 11.3 Å². The lowest BCUT2D eigenvalue weighted by Gasteiger charge is -2.13. The van der Waals surface area contributed by atoms with E-state index in [4.69, 9.17) is 4.74 Å². The second kappa shape index (κ2) is 7.45. The molecule has 0 atom stereocenters. The zero-order valence-corrected chi connectivity index (χ0v) is 15.4. The maximum Gasteiger partial charge on any atom is 0.261 e. The van der Waals surface area contributed by atoms with Crippen molar-refractivity contribution < 1.29 is 14.3 Å². The van der Waals surface area contributed by atoms with Gasteiger partial charge in [-0.05, 0) is 44.2 Å². The van der Waals surface area contributed by atoms with Gasteiger partial charge in [0, 0.05) is 24.0 Å². The summed E-state index contributed by atoms with van der Waals surface area (Å²) in [7, 11) is 1.53. The van der Waals surface area contributed by atoms with Crippen molar-refractivity contribution in [2.24, 2.45) is 0 Å². The Balaban J connectivity index is 2.06. The van der Waals surface area contributed by atoms with Crippen LogP contribution >= 0.6 is 0 Å². The molecule has 0 fully saturated rings. The van der Waals surface area contributed by atoms with Crippen LogP contribution in [-0.4, -0.2) is 23.4 Å². The normalized spacial score (nSPS) is 10.6. The first-order chi connectivity index (χ1) is 12.9. The van der Waals surface area contributed by atoms with E-state index >= 15 is 0 Å². The molecule has 1 heterocycles. The minimum atomic E-state index is -0.521. The molecule has 0 unspecified atom stereocenters. The summed E-state index contributed by atoms with van der Waals surface area (Å²) in [6.07, 6.45) is 1.56. The molecule has 6 nitrogen and oxygen atoms in total. The quantitative estimate of drug-likeness (QED) is 0.703. The number of amides is 1. The van der Waals surface area contributed by atoms with E-state index in [9.17, 15) is 14.4 Å². The fraction of sp³-hybridized carbons (Fsp3) is 0.190. The molecule has 27 heavy (non-hydrogen) atoms. The number of benzene rings is 2. The van der Waals surface area contributed by atoms with Crippen molar-refractivity contribution >= 4 is 28.3 Å². The predicted molar refractivity (Wildman–Crippen MR) is 105 cm³/mol. The van der Waals surface area contributed by atoms with E-state index < -0.39 is 5.91 Å². The summed E-state index contributed by atoms with van der Waals surface area (Å²) in [6.45, 7) is 3.99. The standard InChI is InChI=1S/C21H20N2O4/c1-4-23-12-18(20(25)17-11-16(27-3)8-9-19(17)23)21(26)22-15-7-5-6-14(10-15)13(2)24/h5-12H,4H2,1-3H3,(H,22,26). The Kier molecular flexibility index (Phi) is 5.07. The number of aryl methyl sites for hydroxylation is 1. The number of methoxy groups -OCH3 is 1. The number of carbonyl (C=O) groups is 2. The van der Waals surface area contributed by atoms with Crippen molar-refractivity contribution in [3.63, 3.8) is 0 Å². The van der Waals surface area contributed by atoms with Crippen LogP contribution in [0, 0.1) is 0 Å². The van der Waals surface area contributed by atoms with Gasteiger partial charge in [0.2, 0.25) is 5.43 Å². The molecule has 0 spiro atoms. The Hall–Kier alpha value is -3.41. The maximum atomic E-state index is 12.9. The summed E-state index contributed by atoms with van der Waals surface area (Å²) in [5, 5.41) is 3.12. The lowest BCUT2D eigenvalue weighted by molar-refractivity contribution is 0.101. The summed E-state index contributed by atoms with van der Waals surface area (Å²) >= 11 is 0. The third-order valence-electron chi connectivity index (χ3n) is 4.40. The third-order valence-corrected chi connectivity index (χ3v) is 4.40. The van der Waals surface area contributed by atoms with Gasteiger partial charge in [-0.2, -0.15) is 0 Å². The summed E-state index contributed by atoms with van der Waals surface area (Å²) in [6, 6.07) is 11.8. The van der Waals surface area contributed by atoms with Crippen LogP contribution in [0.5, 0.6) is 5.75 Å². The Morgan fingerprint density at radius 1 is 1.15 bits per heavy atom. The van der Waals surface area contributed by atoms with E-state index in [1.165, 1.54) is 14.0 Å². The molecule has 0 aliphatic carbocycles. The van der Waals surface area contributed by atoms with Crippen LogP contribution in [0.1, 0.15) is 34.6 Å². The fourth-order valence-corrected chi connectivity index (χ4v) is 2.94. The highest BCUT2D eigenvalue weighted by Gasteiger charge is 2.16. The van der Waals surface area contributed by atoms with Gasteiger partial charge in [-0.25, -0.2) is 0 Å². The second-order valence-electron chi connectivity index (χ2n) is 6.13. The monoisotopic (exact) mass is 364 g/mol. The number of anilines is 1.